The molecule has 1 heterocycles. The van der Waals surface area contributed by atoms with Crippen molar-refractivity contribution in [1.82, 2.24) is 15.5 Å². The molecule has 0 atom stereocenters. The monoisotopic (exact) mass is 304 g/mol. The number of unbranched alkanes of at least 4 members (excludes halogenated alkanes) is 1. The van der Waals surface area contributed by atoms with Crippen molar-refractivity contribution in [2.75, 3.05) is 51.1 Å². The van der Waals surface area contributed by atoms with Gasteiger partial charge >= 0.3 is 0 Å². The highest BCUT2D eigenvalue weighted by Crippen LogP contribution is 2.26. The van der Waals surface area contributed by atoms with Crippen LogP contribution in [0.25, 0.3) is 0 Å². The predicted octanol–water partition coefficient (Wildman–Crippen LogP) is 2.10. The molecular weight excluding hydrogens is 280 g/mol. The van der Waals surface area contributed by atoms with E-state index in [0.29, 0.717) is 0 Å². The predicted molar refractivity (Wildman–Crippen MR) is 83.6 cm³/mol. The summed E-state index contributed by atoms with van der Waals surface area (Å²) in [6.45, 7) is 5.80. The lowest BCUT2D eigenvalue weighted by Gasteiger charge is -2.04. The molecule has 0 amide bonds. The quantitative estimate of drug-likeness (QED) is 0.499. The SMILES string of the molecule is CCOCCCCNCCSc1nnc(N(C)C)s1. The van der Waals surface area contributed by atoms with E-state index < -0.39 is 0 Å². The first-order valence-corrected chi connectivity index (χ1v) is 8.46. The molecule has 1 rings (SSSR count). The second kappa shape index (κ2) is 10.4. The molecule has 0 spiro atoms. The van der Waals surface area contributed by atoms with E-state index in [1.165, 1.54) is 6.42 Å². The lowest BCUT2D eigenvalue weighted by molar-refractivity contribution is 0.143. The average molecular weight is 304 g/mol. The Morgan fingerprint density at radius 3 is 2.79 bits per heavy atom. The second-order valence-corrected chi connectivity index (χ2v) is 6.55. The summed E-state index contributed by atoms with van der Waals surface area (Å²) in [5, 5.41) is 12.7. The zero-order valence-corrected chi connectivity index (χ0v) is 13.6. The first-order valence-electron chi connectivity index (χ1n) is 6.66. The highest BCUT2D eigenvalue weighted by Gasteiger charge is 2.05. The van der Waals surface area contributed by atoms with Crippen LogP contribution in [0.15, 0.2) is 4.34 Å². The largest absolute Gasteiger partial charge is 0.382 e. The van der Waals surface area contributed by atoms with Gasteiger partial charge in [-0.2, -0.15) is 0 Å². The molecule has 1 aromatic heterocycles. The van der Waals surface area contributed by atoms with Gasteiger partial charge in [0.1, 0.15) is 0 Å². The van der Waals surface area contributed by atoms with Crippen molar-refractivity contribution in [1.29, 1.82) is 0 Å². The van der Waals surface area contributed by atoms with Crippen LogP contribution in [0.4, 0.5) is 5.13 Å². The molecule has 0 fully saturated rings. The van der Waals surface area contributed by atoms with Crippen LogP contribution in [0.5, 0.6) is 0 Å². The number of nitrogens with zero attached hydrogens (tertiary/aromatic N) is 3. The molecule has 0 saturated carbocycles. The van der Waals surface area contributed by atoms with E-state index in [1.807, 2.05) is 25.9 Å². The van der Waals surface area contributed by atoms with Gasteiger partial charge in [0.2, 0.25) is 5.13 Å². The van der Waals surface area contributed by atoms with Gasteiger partial charge in [-0.1, -0.05) is 23.1 Å². The number of hydrogen-bond donors (Lipinski definition) is 1. The summed E-state index contributed by atoms with van der Waals surface area (Å²) >= 11 is 3.40. The summed E-state index contributed by atoms with van der Waals surface area (Å²) in [6, 6.07) is 0. The molecule has 0 aliphatic heterocycles. The highest BCUT2D eigenvalue weighted by atomic mass is 32.2. The van der Waals surface area contributed by atoms with Crippen molar-refractivity contribution >= 4 is 28.2 Å². The minimum absolute atomic E-state index is 0.820. The third kappa shape index (κ3) is 7.71. The maximum Gasteiger partial charge on any atom is 0.208 e. The molecule has 7 heteroatoms. The zero-order chi connectivity index (χ0) is 13.9. The van der Waals surface area contributed by atoms with Crippen molar-refractivity contribution in [2.24, 2.45) is 0 Å². The van der Waals surface area contributed by atoms with E-state index >= 15 is 0 Å². The van der Waals surface area contributed by atoms with Crippen LogP contribution < -0.4 is 10.2 Å². The number of nitrogens with one attached hydrogen (secondary N) is 1. The van der Waals surface area contributed by atoms with Crippen LogP contribution in [-0.4, -0.2) is 56.3 Å². The third-order valence-corrected chi connectivity index (χ3v) is 4.61. The molecule has 0 radical (unpaired) electrons. The topological polar surface area (TPSA) is 50.3 Å². The fraction of sp³-hybridized carbons (Fsp3) is 0.833. The Kier molecular flexibility index (Phi) is 9.15. The standard InChI is InChI=1S/C12H24N4OS2/c1-4-17-9-6-5-7-13-8-10-18-12-15-14-11(19-12)16(2)3/h13H,4-10H2,1-3H3. The average Bonchev–Trinajstić information content (AvgIpc) is 2.86. The fourth-order valence-corrected chi connectivity index (χ4v) is 3.11. The van der Waals surface area contributed by atoms with Crippen LogP contribution in [0.3, 0.4) is 0 Å². The normalized spacial score (nSPS) is 10.9. The Hall–Kier alpha value is -0.370. The van der Waals surface area contributed by atoms with E-state index in [-0.39, 0.29) is 0 Å². The maximum absolute atomic E-state index is 5.29. The lowest BCUT2D eigenvalue weighted by atomic mass is 10.3. The van der Waals surface area contributed by atoms with Gasteiger partial charge < -0.3 is 15.0 Å². The Balaban J connectivity index is 1.95. The molecular formula is C12H24N4OS2. The van der Waals surface area contributed by atoms with Gasteiger partial charge in [0.15, 0.2) is 4.34 Å². The molecule has 110 valence electrons. The van der Waals surface area contributed by atoms with Crippen LogP contribution in [0, 0.1) is 0 Å². The van der Waals surface area contributed by atoms with E-state index in [9.17, 15) is 0 Å². The molecule has 1 aromatic rings. The Bertz CT molecular complexity index is 333. The van der Waals surface area contributed by atoms with E-state index in [0.717, 1.165) is 47.9 Å². The smallest absolute Gasteiger partial charge is 0.208 e. The van der Waals surface area contributed by atoms with Gasteiger partial charge in [-0.25, -0.2) is 0 Å². The summed E-state index contributed by atoms with van der Waals surface area (Å²) in [7, 11) is 3.97. The first-order chi connectivity index (χ1) is 9.24. The van der Waals surface area contributed by atoms with Crippen molar-refractivity contribution < 1.29 is 4.74 Å². The summed E-state index contributed by atoms with van der Waals surface area (Å²) in [6.07, 6.45) is 2.31. The van der Waals surface area contributed by atoms with Crippen molar-refractivity contribution in [2.45, 2.75) is 24.1 Å². The number of thioether (sulfide) groups is 1. The molecule has 1 N–H and O–H groups in total. The van der Waals surface area contributed by atoms with Gasteiger partial charge in [0, 0.05) is 39.6 Å². The van der Waals surface area contributed by atoms with Gasteiger partial charge in [-0.15, -0.1) is 10.2 Å². The molecule has 0 aliphatic carbocycles. The first kappa shape index (κ1) is 16.7. The number of hydrogen-bond acceptors (Lipinski definition) is 7. The van der Waals surface area contributed by atoms with Crippen molar-refractivity contribution in [3.63, 3.8) is 0 Å². The number of anilines is 1. The summed E-state index contributed by atoms with van der Waals surface area (Å²) in [5.41, 5.74) is 0. The van der Waals surface area contributed by atoms with Crippen molar-refractivity contribution in [3.8, 4) is 0 Å². The minimum Gasteiger partial charge on any atom is -0.382 e. The van der Waals surface area contributed by atoms with Crippen LogP contribution in [0.2, 0.25) is 0 Å². The Morgan fingerprint density at radius 1 is 1.26 bits per heavy atom. The molecule has 0 saturated heterocycles. The molecule has 0 unspecified atom stereocenters. The highest BCUT2D eigenvalue weighted by molar-refractivity contribution is 8.01. The molecule has 0 aromatic carbocycles. The van der Waals surface area contributed by atoms with Gasteiger partial charge in [0.05, 0.1) is 0 Å². The molecule has 19 heavy (non-hydrogen) atoms. The molecule has 0 aliphatic rings. The molecule has 5 nitrogen and oxygen atoms in total. The fourth-order valence-electron chi connectivity index (χ4n) is 1.38. The molecule has 0 bridgehead atoms. The van der Waals surface area contributed by atoms with Gasteiger partial charge in [0.25, 0.3) is 0 Å². The van der Waals surface area contributed by atoms with Crippen LogP contribution in [0.1, 0.15) is 19.8 Å². The summed E-state index contributed by atoms with van der Waals surface area (Å²) in [5.74, 6) is 1.04. The van der Waals surface area contributed by atoms with E-state index in [2.05, 4.69) is 15.5 Å². The minimum atomic E-state index is 0.820. The lowest BCUT2D eigenvalue weighted by Crippen LogP contribution is -2.18. The van der Waals surface area contributed by atoms with Crippen molar-refractivity contribution in [3.05, 3.63) is 0 Å². The summed E-state index contributed by atoms with van der Waals surface area (Å²) in [4.78, 5) is 1.98. The van der Waals surface area contributed by atoms with Gasteiger partial charge in [-0.3, -0.25) is 0 Å². The van der Waals surface area contributed by atoms with Gasteiger partial charge in [-0.05, 0) is 26.3 Å². The Morgan fingerprint density at radius 2 is 2.11 bits per heavy atom. The summed E-state index contributed by atoms with van der Waals surface area (Å²) < 4.78 is 6.33. The second-order valence-electron chi connectivity index (χ2n) is 4.25. The maximum atomic E-state index is 5.29. The number of aromatic nitrogens is 2. The van der Waals surface area contributed by atoms with Crippen LogP contribution in [-0.2, 0) is 4.74 Å². The van der Waals surface area contributed by atoms with E-state index in [4.69, 9.17) is 4.74 Å². The van der Waals surface area contributed by atoms with E-state index in [1.54, 1.807) is 23.1 Å². The number of ether oxygens (including phenoxy) is 1. The number of rotatable bonds is 11. The van der Waals surface area contributed by atoms with Crippen LogP contribution >= 0.6 is 23.1 Å². The Labute approximate surface area is 124 Å². The third-order valence-electron chi connectivity index (χ3n) is 2.38. The zero-order valence-electron chi connectivity index (χ0n) is 12.0.